The molecule has 0 atom stereocenters. The van der Waals surface area contributed by atoms with Gasteiger partial charge in [-0.15, -0.1) is 0 Å². The average Bonchev–Trinajstić information content (AvgIpc) is 2.26. The van der Waals surface area contributed by atoms with Crippen LogP contribution in [0.25, 0.3) is 0 Å². The molecule has 0 saturated heterocycles. The van der Waals surface area contributed by atoms with Gasteiger partial charge in [-0.05, 0) is 38.6 Å². The molecule has 1 saturated carbocycles. The van der Waals surface area contributed by atoms with Crippen molar-refractivity contribution in [2.45, 2.75) is 50.7 Å². The monoisotopic (exact) mass is 238 g/mol. The smallest absolute Gasteiger partial charge is 0.329 e. The third-order valence-electron chi connectivity index (χ3n) is 3.55. The van der Waals surface area contributed by atoms with E-state index in [1.165, 1.54) is 0 Å². The predicted molar refractivity (Wildman–Crippen MR) is 58.1 cm³/mol. The number of halogens is 3. The van der Waals surface area contributed by atoms with Crippen molar-refractivity contribution >= 4 is 0 Å². The molecular weight excluding hydrogens is 217 g/mol. The molecule has 0 aromatic heterocycles. The zero-order valence-electron chi connectivity index (χ0n) is 9.74. The highest BCUT2D eigenvalue weighted by molar-refractivity contribution is 4.94. The summed E-state index contributed by atoms with van der Waals surface area (Å²) >= 11 is 0. The van der Waals surface area contributed by atoms with Crippen molar-refractivity contribution in [3.8, 4) is 0 Å². The first-order valence-electron chi connectivity index (χ1n) is 5.95. The van der Waals surface area contributed by atoms with Gasteiger partial charge in [0, 0.05) is 12.1 Å². The maximum Gasteiger partial charge on any atom is 0.391 e. The summed E-state index contributed by atoms with van der Waals surface area (Å²) in [4.78, 5) is 0. The number of rotatable bonds is 4. The molecular formula is C11H21F3N2. The Morgan fingerprint density at radius 1 is 1.31 bits per heavy atom. The van der Waals surface area contributed by atoms with Crippen molar-refractivity contribution in [3.05, 3.63) is 0 Å². The first-order chi connectivity index (χ1) is 7.43. The normalized spacial score (nSPS) is 31.7. The maximum absolute atomic E-state index is 12.5. The van der Waals surface area contributed by atoms with E-state index in [-0.39, 0.29) is 18.4 Å². The van der Waals surface area contributed by atoms with Gasteiger partial charge in [-0.2, -0.15) is 13.2 Å². The molecule has 16 heavy (non-hydrogen) atoms. The molecule has 1 aliphatic rings. The van der Waals surface area contributed by atoms with Crippen LogP contribution in [0.15, 0.2) is 0 Å². The Bertz CT molecular complexity index is 208. The van der Waals surface area contributed by atoms with Gasteiger partial charge >= 0.3 is 6.18 Å². The van der Waals surface area contributed by atoms with E-state index in [0.29, 0.717) is 19.4 Å². The fourth-order valence-corrected chi connectivity index (χ4v) is 2.34. The Kier molecular flexibility index (Phi) is 4.62. The lowest BCUT2D eigenvalue weighted by atomic mass is 9.76. The van der Waals surface area contributed by atoms with Crippen LogP contribution in [-0.2, 0) is 0 Å². The lowest BCUT2D eigenvalue weighted by Gasteiger charge is -2.40. The van der Waals surface area contributed by atoms with Crippen molar-refractivity contribution in [1.82, 2.24) is 5.32 Å². The number of alkyl halides is 3. The van der Waals surface area contributed by atoms with Crippen LogP contribution in [0.2, 0.25) is 0 Å². The van der Waals surface area contributed by atoms with Crippen molar-refractivity contribution in [3.63, 3.8) is 0 Å². The zero-order chi connectivity index (χ0) is 12.2. The summed E-state index contributed by atoms with van der Waals surface area (Å²) in [5.41, 5.74) is 5.44. The van der Waals surface area contributed by atoms with Gasteiger partial charge in [0.15, 0.2) is 0 Å². The Balaban J connectivity index is 2.50. The second kappa shape index (κ2) is 5.36. The summed E-state index contributed by atoms with van der Waals surface area (Å²) in [5, 5.41) is 3.31. The van der Waals surface area contributed by atoms with Gasteiger partial charge in [0.1, 0.15) is 0 Å². The standard InChI is InChI=1S/C11H21F3N2/c1-2-7-16-10(8-15)5-3-9(4-6-10)11(12,13)14/h9,16H,2-8,15H2,1H3. The first-order valence-corrected chi connectivity index (χ1v) is 5.95. The van der Waals surface area contributed by atoms with Crippen molar-refractivity contribution in [2.24, 2.45) is 11.7 Å². The Labute approximate surface area is 94.8 Å². The molecule has 3 N–H and O–H groups in total. The van der Waals surface area contributed by atoms with Crippen molar-refractivity contribution < 1.29 is 13.2 Å². The summed E-state index contributed by atoms with van der Waals surface area (Å²) in [5.74, 6) is -1.13. The lowest BCUT2D eigenvalue weighted by Crippen LogP contribution is -2.54. The molecule has 5 heteroatoms. The summed E-state index contributed by atoms with van der Waals surface area (Å²) < 4.78 is 37.5. The molecule has 0 heterocycles. The van der Waals surface area contributed by atoms with Gasteiger partial charge in [0.2, 0.25) is 0 Å². The van der Waals surface area contributed by atoms with Crippen LogP contribution in [0.3, 0.4) is 0 Å². The highest BCUT2D eigenvalue weighted by atomic mass is 19.4. The van der Waals surface area contributed by atoms with Gasteiger partial charge in [0.25, 0.3) is 0 Å². The SMILES string of the molecule is CCCNC1(CN)CCC(C(F)(F)F)CC1. The molecule has 0 radical (unpaired) electrons. The summed E-state index contributed by atoms with van der Waals surface area (Å²) in [7, 11) is 0. The van der Waals surface area contributed by atoms with Crippen LogP contribution in [0.1, 0.15) is 39.0 Å². The van der Waals surface area contributed by atoms with Crippen LogP contribution in [0.4, 0.5) is 13.2 Å². The fourth-order valence-electron chi connectivity index (χ4n) is 2.34. The number of nitrogens with one attached hydrogen (secondary N) is 1. The van der Waals surface area contributed by atoms with Crippen LogP contribution >= 0.6 is 0 Å². The van der Waals surface area contributed by atoms with E-state index in [1.54, 1.807) is 0 Å². The van der Waals surface area contributed by atoms with Gasteiger partial charge in [0.05, 0.1) is 5.92 Å². The molecule has 1 rings (SSSR count). The Morgan fingerprint density at radius 2 is 1.88 bits per heavy atom. The van der Waals surface area contributed by atoms with E-state index in [1.807, 2.05) is 6.92 Å². The van der Waals surface area contributed by atoms with Crippen LogP contribution in [0, 0.1) is 5.92 Å². The van der Waals surface area contributed by atoms with Crippen LogP contribution in [-0.4, -0.2) is 24.8 Å². The summed E-state index contributed by atoms with van der Waals surface area (Å²) in [6, 6.07) is 0. The molecule has 1 fully saturated rings. The molecule has 0 aromatic rings. The fraction of sp³-hybridized carbons (Fsp3) is 1.00. The Hall–Kier alpha value is -0.290. The van der Waals surface area contributed by atoms with Crippen molar-refractivity contribution in [1.29, 1.82) is 0 Å². The second-order valence-electron chi connectivity index (χ2n) is 4.73. The molecule has 0 bridgehead atoms. The van der Waals surface area contributed by atoms with E-state index in [4.69, 9.17) is 5.73 Å². The number of nitrogens with two attached hydrogens (primary N) is 1. The average molecular weight is 238 g/mol. The largest absolute Gasteiger partial charge is 0.391 e. The molecule has 0 aromatic carbocycles. The lowest BCUT2D eigenvalue weighted by molar-refractivity contribution is -0.185. The maximum atomic E-state index is 12.5. The van der Waals surface area contributed by atoms with Crippen LogP contribution < -0.4 is 11.1 Å². The van der Waals surface area contributed by atoms with E-state index in [2.05, 4.69) is 5.32 Å². The van der Waals surface area contributed by atoms with Gasteiger partial charge in [-0.3, -0.25) is 0 Å². The van der Waals surface area contributed by atoms with E-state index in [9.17, 15) is 13.2 Å². The van der Waals surface area contributed by atoms with Gasteiger partial charge in [-0.25, -0.2) is 0 Å². The minimum absolute atomic E-state index is 0.206. The molecule has 0 amide bonds. The summed E-state index contributed by atoms with van der Waals surface area (Å²) in [6.07, 6.45) is -1.58. The zero-order valence-corrected chi connectivity index (χ0v) is 9.74. The second-order valence-corrected chi connectivity index (χ2v) is 4.73. The topological polar surface area (TPSA) is 38.0 Å². The molecule has 96 valence electrons. The van der Waals surface area contributed by atoms with Crippen molar-refractivity contribution in [2.75, 3.05) is 13.1 Å². The highest BCUT2D eigenvalue weighted by Gasteiger charge is 2.45. The number of hydrogen-bond acceptors (Lipinski definition) is 2. The van der Waals surface area contributed by atoms with Crippen LogP contribution in [0.5, 0.6) is 0 Å². The molecule has 0 aliphatic heterocycles. The van der Waals surface area contributed by atoms with Gasteiger partial charge in [-0.1, -0.05) is 6.92 Å². The van der Waals surface area contributed by atoms with E-state index < -0.39 is 12.1 Å². The minimum Gasteiger partial charge on any atom is -0.329 e. The minimum atomic E-state index is -4.04. The molecule has 0 spiro atoms. The third kappa shape index (κ3) is 3.35. The number of hydrogen-bond donors (Lipinski definition) is 2. The molecule has 1 aliphatic carbocycles. The van der Waals surface area contributed by atoms with Gasteiger partial charge < -0.3 is 11.1 Å². The first kappa shape index (κ1) is 13.8. The highest BCUT2D eigenvalue weighted by Crippen LogP contribution is 2.40. The molecule has 0 unspecified atom stereocenters. The Morgan fingerprint density at radius 3 is 2.25 bits per heavy atom. The summed E-state index contributed by atoms with van der Waals surface area (Å²) in [6.45, 7) is 3.30. The molecule has 2 nitrogen and oxygen atoms in total. The van der Waals surface area contributed by atoms with E-state index >= 15 is 0 Å². The quantitative estimate of drug-likeness (QED) is 0.789. The van der Waals surface area contributed by atoms with E-state index in [0.717, 1.165) is 13.0 Å². The predicted octanol–water partition coefficient (Wildman–Crippen LogP) is 2.44. The third-order valence-corrected chi connectivity index (χ3v) is 3.55.